The molecule has 7 heteroatoms. The van der Waals surface area contributed by atoms with Crippen LogP contribution in [0.25, 0.3) is 0 Å². The molecular formula is C12H14Cl2N2O2S. The maximum atomic E-state index is 10.5. The molecule has 0 aromatic carbocycles. The second kappa shape index (κ2) is 5.71. The largest absolute Gasteiger partial charge is 0.493 e. The van der Waals surface area contributed by atoms with Gasteiger partial charge in [0.2, 0.25) is 0 Å². The lowest BCUT2D eigenvalue weighted by molar-refractivity contribution is 0.200. The minimum atomic E-state index is -0.920. The zero-order chi connectivity index (χ0) is 14.2. The van der Waals surface area contributed by atoms with Crippen molar-refractivity contribution in [3.05, 3.63) is 32.2 Å². The van der Waals surface area contributed by atoms with Crippen LogP contribution in [0.2, 0.25) is 8.67 Å². The van der Waals surface area contributed by atoms with Gasteiger partial charge >= 0.3 is 0 Å². The summed E-state index contributed by atoms with van der Waals surface area (Å²) in [5, 5.41) is 14.8. The van der Waals surface area contributed by atoms with Gasteiger partial charge in [0, 0.05) is 11.6 Å². The Morgan fingerprint density at radius 3 is 2.58 bits per heavy atom. The van der Waals surface area contributed by atoms with Crippen molar-refractivity contribution >= 4 is 34.5 Å². The Morgan fingerprint density at radius 1 is 1.42 bits per heavy atom. The van der Waals surface area contributed by atoms with Crippen LogP contribution in [0, 0.1) is 0 Å². The predicted molar refractivity (Wildman–Crippen MR) is 77.6 cm³/mol. The number of methoxy groups -OCH3 is 1. The smallest absolute Gasteiger partial charge is 0.163 e. The molecule has 1 atom stereocenters. The Balaban J connectivity index is 2.51. The lowest BCUT2D eigenvalue weighted by Crippen LogP contribution is -2.12. The molecule has 0 saturated heterocycles. The SMILES string of the molecule is COc1cnn(C(C)C)c1C(O)c1cc(Cl)sc1Cl. The molecule has 2 rings (SSSR count). The van der Waals surface area contributed by atoms with Crippen LogP contribution < -0.4 is 4.74 Å². The molecule has 1 unspecified atom stereocenters. The van der Waals surface area contributed by atoms with E-state index < -0.39 is 6.10 Å². The molecule has 0 spiro atoms. The van der Waals surface area contributed by atoms with Gasteiger partial charge in [0.05, 0.1) is 17.6 Å². The number of aromatic nitrogens is 2. The van der Waals surface area contributed by atoms with Gasteiger partial charge in [-0.1, -0.05) is 23.2 Å². The topological polar surface area (TPSA) is 47.3 Å². The lowest BCUT2D eigenvalue weighted by Gasteiger charge is -2.16. The van der Waals surface area contributed by atoms with Crippen LogP contribution in [0.5, 0.6) is 5.75 Å². The molecule has 0 saturated carbocycles. The summed E-state index contributed by atoms with van der Waals surface area (Å²) in [6.45, 7) is 3.95. The van der Waals surface area contributed by atoms with Crippen LogP contribution >= 0.6 is 34.5 Å². The third-order valence-electron chi connectivity index (χ3n) is 2.74. The Morgan fingerprint density at radius 2 is 2.11 bits per heavy atom. The molecule has 4 nitrogen and oxygen atoms in total. The molecule has 0 aliphatic carbocycles. The van der Waals surface area contributed by atoms with Crippen LogP contribution in [0.1, 0.15) is 37.3 Å². The fourth-order valence-electron chi connectivity index (χ4n) is 1.87. The average Bonchev–Trinajstić information content (AvgIpc) is 2.91. The van der Waals surface area contributed by atoms with Crippen molar-refractivity contribution in [3.63, 3.8) is 0 Å². The summed E-state index contributed by atoms with van der Waals surface area (Å²) in [6, 6.07) is 1.76. The number of aliphatic hydroxyl groups excluding tert-OH is 1. The molecule has 104 valence electrons. The number of hydrogen-bond donors (Lipinski definition) is 1. The molecule has 0 aliphatic rings. The predicted octanol–water partition coefficient (Wildman–Crippen LogP) is 3.92. The molecule has 0 fully saturated rings. The minimum Gasteiger partial charge on any atom is -0.493 e. The highest BCUT2D eigenvalue weighted by Gasteiger charge is 2.25. The van der Waals surface area contributed by atoms with Gasteiger partial charge in [-0.3, -0.25) is 4.68 Å². The molecule has 0 bridgehead atoms. The van der Waals surface area contributed by atoms with Gasteiger partial charge in [0.1, 0.15) is 16.1 Å². The fourth-order valence-corrected chi connectivity index (χ4v) is 3.39. The summed E-state index contributed by atoms with van der Waals surface area (Å²) >= 11 is 13.2. The first kappa shape index (κ1) is 14.7. The van der Waals surface area contributed by atoms with Crippen molar-refractivity contribution in [2.45, 2.75) is 26.0 Å². The molecule has 2 heterocycles. The van der Waals surface area contributed by atoms with Gasteiger partial charge in [-0.25, -0.2) is 0 Å². The van der Waals surface area contributed by atoms with Crippen molar-refractivity contribution in [1.82, 2.24) is 9.78 Å². The summed E-state index contributed by atoms with van der Waals surface area (Å²) in [5.41, 5.74) is 1.14. The number of halogens is 2. The van der Waals surface area contributed by atoms with E-state index in [0.29, 0.717) is 25.7 Å². The van der Waals surface area contributed by atoms with Gasteiger partial charge in [-0.2, -0.15) is 5.10 Å². The van der Waals surface area contributed by atoms with E-state index in [2.05, 4.69) is 5.10 Å². The highest BCUT2D eigenvalue weighted by molar-refractivity contribution is 7.20. The minimum absolute atomic E-state index is 0.0985. The van der Waals surface area contributed by atoms with E-state index in [1.54, 1.807) is 24.1 Å². The van der Waals surface area contributed by atoms with Crippen molar-refractivity contribution in [2.75, 3.05) is 7.11 Å². The maximum Gasteiger partial charge on any atom is 0.163 e. The van der Waals surface area contributed by atoms with Crippen molar-refractivity contribution in [3.8, 4) is 5.75 Å². The average molecular weight is 321 g/mol. The molecule has 0 radical (unpaired) electrons. The van der Waals surface area contributed by atoms with E-state index in [1.165, 1.54) is 11.3 Å². The van der Waals surface area contributed by atoms with Gasteiger partial charge < -0.3 is 9.84 Å². The summed E-state index contributed by atoms with van der Waals surface area (Å²) in [6.07, 6.45) is 0.663. The Labute approximate surface area is 125 Å². The standard InChI is InChI=1S/C12H14Cl2N2O2S/c1-6(2)16-10(8(18-3)5-15-16)11(17)7-4-9(13)19-12(7)14/h4-6,11,17H,1-3H3. The third-order valence-corrected chi connectivity index (χ3v) is 4.26. The van der Waals surface area contributed by atoms with Crippen LogP contribution in [0.4, 0.5) is 0 Å². The Bertz CT molecular complexity index is 580. The first-order chi connectivity index (χ1) is 8.95. The van der Waals surface area contributed by atoms with E-state index in [0.717, 1.165) is 0 Å². The van der Waals surface area contributed by atoms with Crippen molar-refractivity contribution in [2.24, 2.45) is 0 Å². The van der Waals surface area contributed by atoms with Gasteiger partial charge in [0.15, 0.2) is 5.75 Å². The summed E-state index contributed by atoms with van der Waals surface area (Å²) < 4.78 is 7.97. The number of rotatable bonds is 4. The zero-order valence-corrected chi connectivity index (χ0v) is 13.1. The molecule has 0 aliphatic heterocycles. The molecule has 0 amide bonds. The summed E-state index contributed by atoms with van der Waals surface area (Å²) in [4.78, 5) is 0. The third kappa shape index (κ3) is 2.74. The highest BCUT2D eigenvalue weighted by atomic mass is 35.5. The monoisotopic (exact) mass is 320 g/mol. The summed E-state index contributed by atoms with van der Waals surface area (Å²) in [5.74, 6) is 0.527. The van der Waals surface area contributed by atoms with Crippen LogP contribution in [0.3, 0.4) is 0 Å². The first-order valence-corrected chi connectivity index (χ1v) is 7.27. The van der Waals surface area contributed by atoms with Crippen LogP contribution in [0.15, 0.2) is 12.3 Å². The number of nitrogens with zero attached hydrogens (tertiary/aromatic N) is 2. The molecular weight excluding hydrogens is 307 g/mol. The molecule has 19 heavy (non-hydrogen) atoms. The number of aliphatic hydroxyl groups is 1. The summed E-state index contributed by atoms with van der Waals surface area (Å²) in [7, 11) is 1.54. The molecule has 1 N–H and O–H groups in total. The Hall–Kier alpha value is -0.750. The normalized spacial score (nSPS) is 13.0. The highest BCUT2D eigenvalue weighted by Crippen LogP contribution is 2.40. The first-order valence-electron chi connectivity index (χ1n) is 5.69. The van der Waals surface area contributed by atoms with Crippen LogP contribution in [-0.2, 0) is 0 Å². The number of ether oxygens (including phenoxy) is 1. The van der Waals surface area contributed by atoms with Gasteiger partial charge in [-0.15, -0.1) is 11.3 Å². The fraction of sp³-hybridized carbons (Fsp3) is 0.417. The van der Waals surface area contributed by atoms with Crippen molar-refractivity contribution in [1.29, 1.82) is 0 Å². The zero-order valence-electron chi connectivity index (χ0n) is 10.7. The second-order valence-electron chi connectivity index (χ2n) is 4.32. The quantitative estimate of drug-likeness (QED) is 0.928. The lowest BCUT2D eigenvalue weighted by atomic mass is 10.1. The van der Waals surface area contributed by atoms with E-state index >= 15 is 0 Å². The Kier molecular flexibility index (Phi) is 4.40. The van der Waals surface area contributed by atoms with Gasteiger partial charge in [-0.05, 0) is 19.9 Å². The van der Waals surface area contributed by atoms with Gasteiger partial charge in [0.25, 0.3) is 0 Å². The molecule has 2 aromatic heterocycles. The van der Waals surface area contributed by atoms with E-state index in [4.69, 9.17) is 27.9 Å². The van der Waals surface area contributed by atoms with E-state index in [-0.39, 0.29) is 6.04 Å². The van der Waals surface area contributed by atoms with E-state index in [9.17, 15) is 5.11 Å². The molecule has 2 aromatic rings. The number of hydrogen-bond acceptors (Lipinski definition) is 4. The maximum absolute atomic E-state index is 10.5. The van der Waals surface area contributed by atoms with Crippen LogP contribution in [-0.4, -0.2) is 22.0 Å². The van der Waals surface area contributed by atoms with E-state index in [1.807, 2.05) is 13.8 Å². The second-order valence-corrected chi connectivity index (χ2v) is 6.60. The van der Waals surface area contributed by atoms with Crippen molar-refractivity contribution < 1.29 is 9.84 Å². The number of thiophene rings is 1.